The van der Waals surface area contributed by atoms with Crippen molar-refractivity contribution in [2.24, 2.45) is 29.6 Å². The van der Waals surface area contributed by atoms with Crippen LogP contribution in [0.5, 0.6) is 5.75 Å². The van der Waals surface area contributed by atoms with Gasteiger partial charge in [0.2, 0.25) is 0 Å². The minimum atomic E-state index is 0.784. The summed E-state index contributed by atoms with van der Waals surface area (Å²) in [4.78, 5) is 0. The van der Waals surface area contributed by atoms with Crippen molar-refractivity contribution in [2.75, 3.05) is 7.11 Å². The molecule has 4 unspecified atom stereocenters. The Balaban J connectivity index is 1.22. The van der Waals surface area contributed by atoms with Gasteiger partial charge in [-0.1, -0.05) is 51.2 Å². The fourth-order valence-corrected chi connectivity index (χ4v) is 7.20. The molecule has 162 valence electrons. The van der Waals surface area contributed by atoms with E-state index in [1.54, 1.807) is 45.6 Å². The summed E-state index contributed by atoms with van der Waals surface area (Å²) in [6.07, 6.45) is 20.9. The highest BCUT2D eigenvalue weighted by Gasteiger charge is 2.38. The normalized spacial score (nSPS) is 35.1. The highest BCUT2D eigenvalue weighted by Crippen LogP contribution is 2.50. The second kappa shape index (κ2) is 10.4. The molecule has 0 bridgehead atoms. The molecular formula is C28H44O. The molecule has 3 aliphatic rings. The molecule has 0 amide bonds. The molecule has 3 saturated carbocycles. The minimum absolute atomic E-state index is 0.784. The van der Waals surface area contributed by atoms with E-state index in [0.717, 1.165) is 41.3 Å². The number of ether oxygens (including phenoxy) is 1. The van der Waals surface area contributed by atoms with Gasteiger partial charge in [-0.25, -0.2) is 0 Å². The maximum atomic E-state index is 5.33. The Morgan fingerprint density at radius 2 is 1.34 bits per heavy atom. The zero-order valence-electron chi connectivity index (χ0n) is 19.1. The summed E-state index contributed by atoms with van der Waals surface area (Å²) in [6, 6.07) is 8.88. The van der Waals surface area contributed by atoms with Gasteiger partial charge in [0, 0.05) is 0 Å². The van der Waals surface area contributed by atoms with Gasteiger partial charge in [0.25, 0.3) is 0 Å². The summed E-state index contributed by atoms with van der Waals surface area (Å²) < 4.78 is 5.33. The number of hydrogen-bond donors (Lipinski definition) is 0. The Morgan fingerprint density at radius 3 is 2.03 bits per heavy atom. The highest BCUT2D eigenvalue weighted by molar-refractivity contribution is 5.29. The first-order valence-electron chi connectivity index (χ1n) is 12.9. The van der Waals surface area contributed by atoms with Crippen LogP contribution in [0.25, 0.3) is 0 Å². The smallest absolute Gasteiger partial charge is 0.118 e. The van der Waals surface area contributed by atoms with Crippen LogP contribution in [0, 0.1) is 29.6 Å². The third-order valence-corrected chi connectivity index (χ3v) is 9.00. The molecule has 1 aromatic rings. The van der Waals surface area contributed by atoms with E-state index in [1.807, 2.05) is 0 Å². The second-order valence-electron chi connectivity index (χ2n) is 10.7. The predicted octanol–water partition coefficient (Wildman–Crippen LogP) is 8.38. The van der Waals surface area contributed by atoms with E-state index in [2.05, 4.69) is 31.2 Å². The lowest BCUT2D eigenvalue weighted by atomic mass is 9.60. The van der Waals surface area contributed by atoms with Crippen LogP contribution in [0.2, 0.25) is 0 Å². The van der Waals surface area contributed by atoms with Crippen molar-refractivity contribution in [3.8, 4) is 5.75 Å². The van der Waals surface area contributed by atoms with Crippen molar-refractivity contribution in [1.29, 1.82) is 0 Å². The lowest BCUT2D eigenvalue weighted by Gasteiger charge is -2.45. The van der Waals surface area contributed by atoms with Gasteiger partial charge in [-0.05, 0) is 111 Å². The molecule has 0 saturated heterocycles. The third kappa shape index (κ3) is 5.39. The SMILES string of the molecule is CCCCCC1CCC2CC(C3CCC(c4ccc(OC)cc4)CC3)CCC2C1. The molecule has 0 aromatic heterocycles. The van der Waals surface area contributed by atoms with Crippen molar-refractivity contribution in [2.45, 2.75) is 103 Å². The highest BCUT2D eigenvalue weighted by atomic mass is 16.5. The Bertz CT molecular complexity index is 597. The lowest BCUT2D eigenvalue weighted by Crippen LogP contribution is -2.34. The molecule has 4 atom stereocenters. The van der Waals surface area contributed by atoms with E-state index in [-0.39, 0.29) is 0 Å². The molecule has 3 aliphatic carbocycles. The van der Waals surface area contributed by atoms with E-state index in [4.69, 9.17) is 4.74 Å². The van der Waals surface area contributed by atoms with Gasteiger partial charge in [-0.2, -0.15) is 0 Å². The predicted molar refractivity (Wildman–Crippen MR) is 123 cm³/mol. The number of fused-ring (bicyclic) bond motifs is 1. The fraction of sp³-hybridized carbons (Fsp3) is 0.786. The van der Waals surface area contributed by atoms with Crippen LogP contribution in [0.15, 0.2) is 24.3 Å². The Kier molecular flexibility index (Phi) is 7.60. The Morgan fingerprint density at radius 1 is 0.724 bits per heavy atom. The number of hydrogen-bond acceptors (Lipinski definition) is 1. The van der Waals surface area contributed by atoms with E-state index in [9.17, 15) is 0 Å². The molecule has 29 heavy (non-hydrogen) atoms. The molecule has 1 heteroatoms. The van der Waals surface area contributed by atoms with Crippen molar-refractivity contribution in [3.63, 3.8) is 0 Å². The average molecular weight is 397 g/mol. The minimum Gasteiger partial charge on any atom is -0.497 e. The van der Waals surface area contributed by atoms with Crippen LogP contribution >= 0.6 is 0 Å². The van der Waals surface area contributed by atoms with Gasteiger partial charge in [0.15, 0.2) is 0 Å². The van der Waals surface area contributed by atoms with Gasteiger partial charge >= 0.3 is 0 Å². The van der Waals surface area contributed by atoms with Gasteiger partial charge in [0.1, 0.15) is 5.75 Å². The molecule has 0 spiro atoms. The van der Waals surface area contributed by atoms with Gasteiger partial charge in [-0.3, -0.25) is 0 Å². The molecule has 4 rings (SSSR count). The maximum Gasteiger partial charge on any atom is 0.118 e. The average Bonchev–Trinajstić information content (AvgIpc) is 2.79. The summed E-state index contributed by atoms with van der Waals surface area (Å²) >= 11 is 0. The maximum absolute atomic E-state index is 5.33. The zero-order valence-corrected chi connectivity index (χ0v) is 19.1. The molecule has 0 aliphatic heterocycles. The molecule has 0 heterocycles. The van der Waals surface area contributed by atoms with Crippen LogP contribution in [0.3, 0.4) is 0 Å². The van der Waals surface area contributed by atoms with Crippen LogP contribution in [-0.2, 0) is 0 Å². The number of unbranched alkanes of at least 4 members (excludes halogenated alkanes) is 2. The van der Waals surface area contributed by atoms with Crippen LogP contribution in [0.4, 0.5) is 0 Å². The summed E-state index contributed by atoms with van der Waals surface area (Å²) in [5.41, 5.74) is 1.54. The molecule has 1 nitrogen and oxygen atoms in total. The first kappa shape index (κ1) is 21.3. The van der Waals surface area contributed by atoms with Crippen molar-refractivity contribution >= 4 is 0 Å². The topological polar surface area (TPSA) is 9.23 Å². The van der Waals surface area contributed by atoms with Gasteiger partial charge < -0.3 is 4.74 Å². The first-order chi connectivity index (χ1) is 14.3. The summed E-state index contributed by atoms with van der Waals surface area (Å²) in [5, 5.41) is 0. The first-order valence-corrected chi connectivity index (χ1v) is 12.9. The standard InChI is InChI=1S/C28H44O/c1-3-4-5-6-21-7-8-27-20-26(14-13-25(27)19-21)24-11-9-22(10-12-24)23-15-17-28(29-2)18-16-23/h15-18,21-22,24-27H,3-14,19-20H2,1-2H3. The van der Waals surface area contributed by atoms with Crippen LogP contribution in [0.1, 0.15) is 108 Å². The number of methoxy groups -OCH3 is 1. The number of benzene rings is 1. The second-order valence-corrected chi connectivity index (χ2v) is 10.7. The largest absolute Gasteiger partial charge is 0.497 e. The van der Waals surface area contributed by atoms with Crippen LogP contribution < -0.4 is 4.74 Å². The van der Waals surface area contributed by atoms with E-state index >= 15 is 0 Å². The van der Waals surface area contributed by atoms with E-state index in [1.165, 1.54) is 56.9 Å². The van der Waals surface area contributed by atoms with Gasteiger partial charge in [0.05, 0.1) is 7.11 Å². The Labute approximate surface area is 180 Å². The number of rotatable bonds is 7. The van der Waals surface area contributed by atoms with Gasteiger partial charge in [-0.15, -0.1) is 0 Å². The third-order valence-electron chi connectivity index (χ3n) is 9.00. The summed E-state index contributed by atoms with van der Waals surface area (Å²) in [7, 11) is 1.76. The summed E-state index contributed by atoms with van der Waals surface area (Å²) in [5.74, 6) is 7.07. The van der Waals surface area contributed by atoms with E-state index < -0.39 is 0 Å². The monoisotopic (exact) mass is 396 g/mol. The van der Waals surface area contributed by atoms with Crippen molar-refractivity contribution < 1.29 is 4.74 Å². The van der Waals surface area contributed by atoms with Crippen molar-refractivity contribution in [1.82, 2.24) is 0 Å². The van der Waals surface area contributed by atoms with E-state index in [0.29, 0.717) is 0 Å². The van der Waals surface area contributed by atoms with Crippen molar-refractivity contribution in [3.05, 3.63) is 29.8 Å². The molecule has 0 radical (unpaired) electrons. The lowest BCUT2D eigenvalue weighted by molar-refractivity contribution is 0.0614. The zero-order chi connectivity index (χ0) is 20.1. The molecule has 1 aromatic carbocycles. The quantitative estimate of drug-likeness (QED) is 0.420. The van der Waals surface area contributed by atoms with Crippen LogP contribution in [-0.4, -0.2) is 7.11 Å². The summed E-state index contributed by atoms with van der Waals surface area (Å²) in [6.45, 7) is 2.34. The molecular weight excluding hydrogens is 352 g/mol. The molecule has 0 N–H and O–H groups in total. The fourth-order valence-electron chi connectivity index (χ4n) is 7.20. The Hall–Kier alpha value is -0.980. The molecule has 3 fully saturated rings.